The predicted molar refractivity (Wildman–Crippen MR) is 132 cm³/mol. The number of aromatic amines is 1. The third kappa shape index (κ3) is 3.87. The average molecular weight is 490 g/mol. The maximum absolute atomic E-state index is 13.3. The maximum atomic E-state index is 13.3. The number of carbonyl (C=O) groups is 2. The molecule has 176 valence electrons. The number of aliphatic hydroxyl groups is 1. The summed E-state index contributed by atoms with van der Waals surface area (Å²) >= 11 is 6.18. The molecular weight excluding hydrogens is 470 g/mol. The van der Waals surface area contributed by atoms with Crippen LogP contribution in [0.2, 0.25) is 5.02 Å². The SMILES string of the molecule is CCOc1cc(/C(O)=C2\C(=O)C(=O)N(c3nc4ccccc4[nH]3)C2c2cccc(O)c2)ccc1Cl. The number of ether oxygens (including phenoxy) is 1. The number of imidazole rings is 1. The molecule has 9 heteroatoms. The number of aliphatic hydroxyl groups excluding tert-OH is 1. The molecule has 1 aromatic heterocycles. The van der Waals surface area contributed by atoms with Gasteiger partial charge in [-0.15, -0.1) is 0 Å². The molecule has 3 N–H and O–H groups in total. The fraction of sp³-hybridized carbons (Fsp3) is 0.115. The first-order valence-electron chi connectivity index (χ1n) is 10.9. The highest BCUT2D eigenvalue weighted by Gasteiger charge is 2.48. The minimum atomic E-state index is -1.05. The van der Waals surface area contributed by atoms with Gasteiger partial charge in [-0.05, 0) is 55.0 Å². The van der Waals surface area contributed by atoms with Crippen LogP contribution < -0.4 is 9.64 Å². The Hall–Kier alpha value is -4.30. The molecule has 0 aliphatic carbocycles. The Morgan fingerprint density at radius 2 is 1.91 bits per heavy atom. The van der Waals surface area contributed by atoms with Crippen LogP contribution in [0.5, 0.6) is 11.5 Å². The van der Waals surface area contributed by atoms with Crippen LogP contribution in [0.4, 0.5) is 5.95 Å². The second-order valence-electron chi connectivity index (χ2n) is 7.92. The first-order valence-corrected chi connectivity index (χ1v) is 11.2. The van der Waals surface area contributed by atoms with Gasteiger partial charge in [-0.3, -0.25) is 14.5 Å². The molecule has 1 saturated heterocycles. The van der Waals surface area contributed by atoms with E-state index >= 15 is 0 Å². The number of rotatable bonds is 5. The lowest BCUT2D eigenvalue weighted by molar-refractivity contribution is -0.132. The third-order valence-corrected chi connectivity index (χ3v) is 6.05. The van der Waals surface area contributed by atoms with Crippen molar-refractivity contribution in [2.45, 2.75) is 13.0 Å². The summed E-state index contributed by atoms with van der Waals surface area (Å²) in [5.41, 5.74) is 1.82. The summed E-state index contributed by atoms with van der Waals surface area (Å²) in [7, 11) is 0. The van der Waals surface area contributed by atoms with Gasteiger partial charge in [0.1, 0.15) is 17.3 Å². The number of amides is 1. The second kappa shape index (κ2) is 8.81. The fourth-order valence-electron chi connectivity index (χ4n) is 4.19. The Kier molecular flexibility index (Phi) is 5.66. The number of ketones is 1. The predicted octanol–water partition coefficient (Wildman–Crippen LogP) is 4.95. The molecule has 0 bridgehead atoms. The van der Waals surface area contributed by atoms with Crippen LogP contribution in [0, 0.1) is 0 Å². The van der Waals surface area contributed by atoms with Crippen LogP contribution >= 0.6 is 11.6 Å². The minimum absolute atomic E-state index is 0.0529. The number of H-pyrrole nitrogens is 1. The highest BCUT2D eigenvalue weighted by molar-refractivity contribution is 6.51. The molecule has 0 spiro atoms. The standard InChI is InChI=1S/C26H20ClN3O5/c1-2-35-20-13-15(10-11-17(20)27)23(32)21-22(14-6-5-7-16(31)12-14)30(25(34)24(21)33)26-28-18-8-3-4-9-19(18)29-26/h3-13,22,31-32H,2H2,1H3,(H,28,29)/b23-21+. The number of aromatic hydroxyl groups is 1. The van der Waals surface area contributed by atoms with Gasteiger partial charge in [0.15, 0.2) is 0 Å². The summed E-state index contributed by atoms with van der Waals surface area (Å²) in [5, 5.41) is 21.8. The first-order chi connectivity index (χ1) is 16.9. The molecule has 5 rings (SSSR count). The highest BCUT2D eigenvalue weighted by Crippen LogP contribution is 2.43. The number of Topliss-reactive ketones (excluding diaryl/α,β-unsaturated/α-hetero) is 1. The zero-order valence-corrected chi connectivity index (χ0v) is 19.3. The molecule has 1 unspecified atom stereocenters. The molecular formula is C26H20ClN3O5. The average Bonchev–Trinajstić information content (AvgIpc) is 3.38. The van der Waals surface area contributed by atoms with E-state index in [9.17, 15) is 19.8 Å². The van der Waals surface area contributed by atoms with E-state index in [0.29, 0.717) is 34.0 Å². The summed E-state index contributed by atoms with van der Waals surface area (Å²) in [6.07, 6.45) is 0. The monoisotopic (exact) mass is 489 g/mol. The van der Waals surface area contributed by atoms with Gasteiger partial charge >= 0.3 is 5.91 Å². The van der Waals surface area contributed by atoms with Crippen molar-refractivity contribution in [3.05, 3.63) is 88.5 Å². The zero-order valence-electron chi connectivity index (χ0n) is 18.5. The number of halogens is 1. The number of hydrogen-bond acceptors (Lipinski definition) is 6. The summed E-state index contributed by atoms with van der Waals surface area (Å²) < 4.78 is 5.51. The molecule has 1 amide bonds. The summed E-state index contributed by atoms with van der Waals surface area (Å²) in [5.74, 6) is -1.72. The molecule has 8 nitrogen and oxygen atoms in total. The van der Waals surface area contributed by atoms with Crippen molar-refractivity contribution >= 4 is 46.0 Å². The van der Waals surface area contributed by atoms with Crippen LogP contribution in [-0.4, -0.2) is 38.5 Å². The number of fused-ring (bicyclic) bond motifs is 1. The molecule has 1 aliphatic rings. The van der Waals surface area contributed by atoms with E-state index in [1.165, 1.54) is 29.2 Å². The number of para-hydroxylation sites is 2. The second-order valence-corrected chi connectivity index (χ2v) is 8.33. The van der Waals surface area contributed by atoms with Gasteiger partial charge in [-0.1, -0.05) is 35.9 Å². The van der Waals surface area contributed by atoms with Crippen LogP contribution in [0.25, 0.3) is 16.8 Å². The van der Waals surface area contributed by atoms with Crippen LogP contribution in [0.15, 0.2) is 72.3 Å². The zero-order chi connectivity index (χ0) is 24.7. The van der Waals surface area contributed by atoms with Gasteiger partial charge < -0.3 is 19.9 Å². The van der Waals surface area contributed by atoms with Gasteiger partial charge in [-0.25, -0.2) is 4.98 Å². The normalized spacial score (nSPS) is 17.3. The quantitative estimate of drug-likeness (QED) is 0.207. The highest BCUT2D eigenvalue weighted by atomic mass is 35.5. The molecule has 4 aromatic rings. The van der Waals surface area contributed by atoms with Crippen LogP contribution in [0.1, 0.15) is 24.1 Å². The number of benzene rings is 3. The largest absolute Gasteiger partial charge is 0.508 e. The molecule has 0 radical (unpaired) electrons. The van der Waals surface area contributed by atoms with Gasteiger partial charge in [-0.2, -0.15) is 0 Å². The first kappa shape index (κ1) is 22.5. The van der Waals surface area contributed by atoms with E-state index in [0.717, 1.165) is 0 Å². The molecule has 1 atom stereocenters. The van der Waals surface area contributed by atoms with Gasteiger partial charge in [0, 0.05) is 5.56 Å². The Morgan fingerprint density at radius 1 is 1.11 bits per heavy atom. The van der Waals surface area contributed by atoms with Crippen molar-refractivity contribution in [2.24, 2.45) is 0 Å². The van der Waals surface area contributed by atoms with E-state index in [4.69, 9.17) is 16.3 Å². The molecule has 1 aliphatic heterocycles. The Bertz CT molecular complexity index is 1480. The van der Waals surface area contributed by atoms with Gasteiger partial charge in [0.05, 0.1) is 34.3 Å². The Labute approximate surface area is 205 Å². The summed E-state index contributed by atoms with van der Waals surface area (Å²) in [4.78, 5) is 35.3. The number of nitrogens with one attached hydrogen (secondary N) is 1. The maximum Gasteiger partial charge on any atom is 0.302 e. The van der Waals surface area contributed by atoms with Crippen LogP contribution in [0.3, 0.4) is 0 Å². The lowest BCUT2D eigenvalue weighted by atomic mass is 9.95. The number of nitrogens with zero attached hydrogens (tertiary/aromatic N) is 2. The Morgan fingerprint density at radius 3 is 2.66 bits per heavy atom. The van der Waals surface area contributed by atoms with Gasteiger partial charge in [0.2, 0.25) is 5.95 Å². The number of aromatic nitrogens is 2. The lowest BCUT2D eigenvalue weighted by Gasteiger charge is -2.23. The van der Waals surface area contributed by atoms with Crippen molar-refractivity contribution in [1.82, 2.24) is 9.97 Å². The van der Waals surface area contributed by atoms with E-state index in [-0.39, 0.29) is 22.8 Å². The number of phenolic OH excluding ortho intramolecular Hbond substituents is 1. The summed E-state index contributed by atoms with van der Waals surface area (Å²) in [6, 6.07) is 16.9. The Balaban J connectivity index is 1.72. The van der Waals surface area contributed by atoms with Crippen molar-refractivity contribution in [2.75, 3.05) is 11.5 Å². The van der Waals surface area contributed by atoms with E-state index in [2.05, 4.69) is 9.97 Å². The molecule has 2 heterocycles. The number of phenols is 1. The van der Waals surface area contributed by atoms with Crippen LogP contribution in [-0.2, 0) is 9.59 Å². The van der Waals surface area contributed by atoms with Crippen molar-refractivity contribution in [3.8, 4) is 11.5 Å². The molecule has 1 fully saturated rings. The number of hydrogen-bond donors (Lipinski definition) is 3. The molecule has 35 heavy (non-hydrogen) atoms. The number of carbonyl (C=O) groups excluding carboxylic acids is 2. The molecule has 3 aromatic carbocycles. The lowest BCUT2D eigenvalue weighted by Crippen LogP contribution is -2.30. The van der Waals surface area contributed by atoms with E-state index < -0.39 is 23.5 Å². The van der Waals surface area contributed by atoms with Crippen molar-refractivity contribution < 1.29 is 24.5 Å². The summed E-state index contributed by atoms with van der Waals surface area (Å²) in [6.45, 7) is 2.15. The smallest absolute Gasteiger partial charge is 0.302 e. The third-order valence-electron chi connectivity index (χ3n) is 5.74. The number of anilines is 1. The topological polar surface area (TPSA) is 116 Å². The van der Waals surface area contributed by atoms with Crippen molar-refractivity contribution in [1.29, 1.82) is 0 Å². The fourth-order valence-corrected chi connectivity index (χ4v) is 4.36. The molecule has 0 saturated carbocycles. The van der Waals surface area contributed by atoms with E-state index in [1.54, 1.807) is 37.3 Å². The van der Waals surface area contributed by atoms with E-state index in [1.807, 2.05) is 12.1 Å². The van der Waals surface area contributed by atoms with Gasteiger partial charge in [0.25, 0.3) is 5.78 Å². The van der Waals surface area contributed by atoms with Crippen molar-refractivity contribution in [3.63, 3.8) is 0 Å². The minimum Gasteiger partial charge on any atom is -0.508 e.